The van der Waals surface area contributed by atoms with E-state index in [0.717, 1.165) is 48.9 Å². The van der Waals surface area contributed by atoms with Gasteiger partial charge < -0.3 is 4.98 Å². The monoisotopic (exact) mass is 283 g/mol. The molecule has 0 saturated heterocycles. The first-order valence-electron chi connectivity index (χ1n) is 7.33. The summed E-state index contributed by atoms with van der Waals surface area (Å²) >= 11 is 0. The normalized spacial score (nSPS) is 15.9. The van der Waals surface area contributed by atoms with Gasteiger partial charge >= 0.3 is 0 Å². The number of aromatic nitrogens is 1. The van der Waals surface area contributed by atoms with Crippen molar-refractivity contribution in [3.8, 4) is 6.07 Å². The van der Waals surface area contributed by atoms with Gasteiger partial charge in [-0.2, -0.15) is 5.26 Å². The Balaban J connectivity index is 1.75. The van der Waals surface area contributed by atoms with Crippen molar-refractivity contribution in [2.45, 2.75) is 19.3 Å². The van der Waals surface area contributed by atoms with Gasteiger partial charge in [-0.3, -0.25) is 4.90 Å². The van der Waals surface area contributed by atoms with Crippen LogP contribution in [0.4, 0.5) is 4.39 Å². The van der Waals surface area contributed by atoms with Crippen LogP contribution in [0.3, 0.4) is 0 Å². The molecule has 1 aromatic carbocycles. The number of hydrogen-bond donors (Lipinski definition) is 1. The molecule has 0 aliphatic carbocycles. The van der Waals surface area contributed by atoms with Crippen LogP contribution in [0.1, 0.15) is 24.8 Å². The standard InChI is InChI=1S/C17H18FN3/c18-14-3-4-17-15(11-14)16(12-20-17)13-5-9-21(10-6-13)8-2-1-7-19/h3-5,11-12,20H,1-2,6,8-10H2. The molecule has 0 amide bonds. The van der Waals surface area contributed by atoms with Crippen molar-refractivity contribution in [2.24, 2.45) is 0 Å². The number of nitrogens with zero attached hydrogens (tertiary/aromatic N) is 2. The van der Waals surface area contributed by atoms with Crippen molar-refractivity contribution in [3.63, 3.8) is 0 Å². The van der Waals surface area contributed by atoms with E-state index in [2.05, 4.69) is 22.0 Å². The highest BCUT2D eigenvalue weighted by atomic mass is 19.1. The number of H-pyrrole nitrogens is 1. The molecular weight excluding hydrogens is 265 g/mol. The molecule has 1 aliphatic rings. The van der Waals surface area contributed by atoms with Gasteiger partial charge in [0.1, 0.15) is 5.82 Å². The quantitative estimate of drug-likeness (QED) is 0.869. The summed E-state index contributed by atoms with van der Waals surface area (Å²) in [7, 11) is 0. The molecule has 108 valence electrons. The van der Waals surface area contributed by atoms with Crippen LogP contribution in [0.2, 0.25) is 0 Å². The summed E-state index contributed by atoms with van der Waals surface area (Å²) in [4.78, 5) is 5.57. The molecule has 21 heavy (non-hydrogen) atoms. The van der Waals surface area contributed by atoms with Crippen LogP contribution < -0.4 is 0 Å². The minimum Gasteiger partial charge on any atom is -0.361 e. The Kier molecular flexibility index (Phi) is 4.03. The number of unbranched alkanes of at least 4 members (excludes halogenated alkanes) is 1. The lowest BCUT2D eigenvalue weighted by Crippen LogP contribution is -2.29. The van der Waals surface area contributed by atoms with E-state index in [1.807, 2.05) is 6.20 Å². The van der Waals surface area contributed by atoms with E-state index >= 15 is 0 Å². The van der Waals surface area contributed by atoms with E-state index in [1.165, 1.54) is 11.6 Å². The van der Waals surface area contributed by atoms with Gasteiger partial charge in [0.15, 0.2) is 0 Å². The van der Waals surface area contributed by atoms with Gasteiger partial charge in [0.25, 0.3) is 0 Å². The van der Waals surface area contributed by atoms with Gasteiger partial charge in [-0.05, 0) is 43.2 Å². The number of benzene rings is 1. The van der Waals surface area contributed by atoms with Crippen molar-refractivity contribution >= 4 is 16.5 Å². The van der Waals surface area contributed by atoms with Crippen molar-refractivity contribution < 1.29 is 4.39 Å². The molecule has 1 aliphatic heterocycles. The summed E-state index contributed by atoms with van der Waals surface area (Å²) in [5.41, 5.74) is 3.37. The first-order chi connectivity index (χ1) is 10.3. The zero-order valence-corrected chi connectivity index (χ0v) is 11.9. The van der Waals surface area contributed by atoms with Gasteiger partial charge in [0.2, 0.25) is 0 Å². The fourth-order valence-electron chi connectivity index (χ4n) is 2.90. The Morgan fingerprint density at radius 2 is 2.29 bits per heavy atom. The number of rotatable bonds is 4. The minimum atomic E-state index is -0.196. The molecule has 1 aromatic heterocycles. The van der Waals surface area contributed by atoms with Gasteiger partial charge in [0, 0.05) is 42.2 Å². The lowest BCUT2D eigenvalue weighted by molar-refractivity contribution is 0.299. The average Bonchev–Trinajstić information content (AvgIpc) is 2.91. The molecular formula is C17H18FN3. The Morgan fingerprint density at radius 3 is 3.05 bits per heavy atom. The first-order valence-corrected chi connectivity index (χ1v) is 7.33. The second-order valence-corrected chi connectivity index (χ2v) is 5.43. The molecule has 4 heteroatoms. The second-order valence-electron chi connectivity index (χ2n) is 5.43. The Hall–Kier alpha value is -2.12. The van der Waals surface area contributed by atoms with Gasteiger partial charge in [0.05, 0.1) is 6.07 Å². The van der Waals surface area contributed by atoms with Crippen molar-refractivity contribution in [3.05, 3.63) is 41.9 Å². The van der Waals surface area contributed by atoms with Crippen LogP contribution in [0, 0.1) is 17.1 Å². The van der Waals surface area contributed by atoms with E-state index in [9.17, 15) is 4.39 Å². The van der Waals surface area contributed by atoms with E-state index in [1.54, 1.807) is 12.1 Å². The number of aromatic amines is 1. The molecule has 0 unspecified atom stereocenters. The van der Waals surface area contributed by atoms with Crippen LogP contribution in [-0.2, 0) is 0 Å². The topological polar surface area (TPSA) is 42.8 Å². The molecule has 3 nitrogen and oxygen atoms in total. The van der Waals surface area contributed by atoms with Crippen molar-refractivity contribution in [2.75, 3.05) is 19.6 Å². The number of halogens is 1. The number of nitriles is 1. The maximum atomic E-state index is 13.4. The highest BCUT2D eigenvalue weighted by molar-refractivity contribution is 5.92. The first kappa shape index (κ1) is 13.8. The fraction of sp³-hybridized carbons (Fsp3) is 0.353. The predicted octanol–water partition coefficient (Wildman–Crippen LogP) is 3.70. The van der Waals surface area contributed by atoms with E-state index < -0.39 is 0 Å². The third-order valence-electron chi connectivity index (χ3n) is 4.05. The molecule has 0 bridgehead atoms. The molecule has 0 saturated carbocycles. The maximum Gasteiger partial charge on any atom is 0.123 e. The Labute approximate surface area is 123 Å². The highest BCUT2D eigenvalue weighted by Gasteiger charge is 2.15. The van der Waals surface area contributed by atoms with Gasteiger partial charge in [-0.25, -0.2) is 4.39 Å². The largest absolute Gasteiger partial charge is 0.361 e. The molecule has 1 N–H and O–H groups in total. The smallest absolute Gasteiger partial charge is 0.123 e. The van der Waals surface area contributed by atoms with E-state index in [4.69, 9.17) is 5.26 Å². The Morgan fingerprint density at radius 1 is 1.38 bits per heavy atom. The predicted molar refractivity (Wildman–Crippen MR) is 82.1 cm³/mol. The molecule has 0 spiro atoms. The fourth-order valence-corrected chi connectivity index (χ4v) is 2.90. The van der Waals surface area contributed by atoms with Crippen LogP contribution in [0.5, 0.6) is 0 Å². The molecule has 2 heterocycles. The molecule has 2 aromatic rings. The average molecular weight is 283 g/mol. The highest BCUT2D eigenvalue weighted by Crippen LogP contribution is 2.29. The Bertz CT molecular complexity index is 708. The zero-order valence-electron chi connectivity index (χ0n) is 11.9. The molecule has 0 radical (unpaired) electrons. The van der Waals surface area contributed by atoms with Crippen molar-refractivity contribution in [1.29, 1.82) is 5.26 Å². The van der Waals surface area contributed by atoms with Crippen LogP contribution in [0.25, 0.3) is 16.5 Å². The summed E-state index contributed by atoms with van der Waals surface area (Å²) in [5, 5.41) is 9.53. The molecule has 3 rings (SSSR count). The molecule has 0 atom stereocenters. The summed E-state index contributed by atoms with van der Waals surface area (Å²) in [6.07, 6.45) is 6.72. The third kappa shape index (κ3) is 2.98. The van der Waals surface area contributed by atoms with Crippen LogP contribution in [-0.4, -0.2) is 29.5 Å². The van der Waals surface area contributed by atoms with Crippen LogP contribution in [0.15, 0.2) is 30.5 Å². The number of nitrogens with one attached hydrogen (secondary N) is 1. The summed E-state index contributed by atoms with van der Waals surface area (Å²) < 4.78 is 13.4. The summed E-state index contributed by atoms with van der Waals surface area (Å²) in [5.74, 6) is -0.196. The van der Waals surface area contributed by atoms with E-state index in [0.29, 0.717) is 6.42 Å². The maximum absolute atomic E-state index is 13.4. The lowest BCUT2D eigenvalue weighted by Gasteiger charge is -2.25. The SMILES string of the molecule is N#CCCCN1CC=C(c2c[nH]c3ccc(F)cc23)CC1. The lowest BCUT2D eigenvalue weighted by atomic mass is 9.99. The van der Waals surface area contributed by atoms with Gasteiger partial charge in [-0.1, -0.05) is 6.08 Å². The van der Waals surface area contributed by atoms with Crippen molar-refractivity contribution in [1.82, 2.24) is 9.88 Å². The van der Waals surface area contributed by atoms with E-state index in [-0.39, 0.29) is 5.82 Å². The minimum absolute atomic E-state index is 0.196. The zero-order chi connectivity index (χ0) is 14.7. The molecule has 0 fully saturated rings. The summed E-state index contributed by atoms with van der Waals surface area (Å²) in [6.45, 7) is 2.88. The third-order valence-corrected chi connectivity index (χ3v) is 4.05. The second kappa shape index (κ2) is 6.11. The van der Waals surface area contributed by atoms with Crippen LogP contribution >= 0.6 is 0 Å². The van der Waals surface area contributed by atoms with Gasteiger partial charge in [-0.15, -0.1) is 0 Å². The number of fused-ring (bicyclic) bond motifs is 1. The number of hydrogen-bond acceptors (Lipinski definition) is 2. The summed E-state index contributed by atoms with van der Waals surface area (Å²) in [6, 6.07) is 7.05.